The summed E-state index contributed by atoms with van der Waals surface area (Å²) in [5.74, 6) is 0.325. The van der Waals surface area contributed by atoms with Crippen LogP contribution in [0.25, 0.3) is 22.3 Å². The second-order valence-corrected chi connectivity index (χ2v) is 22.8. The van der Waals surface area contributed by atoms with Crippen LogP contribution in [0.3, 0.4) is 0 Å². The van der Waals surface area contributed by atoms with E-state index in [1.165, 1.54) is 11.2 Å². The number of ether oxygens (including phenoxy) is 2. The second-order valence-electron chi connectivity index (χ2n) is 14.9. The van der Waals surface area contributed by atoms with Crippen LogP contribution < -0.4 is 10.2 Å². The molecular formula is C33H48N6O7SSi. The minimum atomic E-state index is -3.06. The Kier molecular flexibility index (Phi) is 10.3. The number of nitrogens with zero attached hydrogens (tertiary/aromatic N) is 5. The molecule has 3 aromatic rings. The minimum absolute atomic E-state index is 0.0795. The quantitative estimate of drug-likeness (QED) is 0.243. The van der Waals surface area contributed by atoms with E-state index in [4.69, 9.17) is 9.47 Å². The van der Waals surface area contributed by atoms with E-state index in [0.717, 1.165) is 22.7 Å². The van der Waals surface area contributed by atoms with Crippen LogP contribution in [0.5, 0.6) is 0 Å². The van der Waals surface area contributed by atoms with Crippen LogP contribution in [0.1, 0.15) is 33.6 Å². The number of hydrogen-bond donors (Lipinski definition) is 2. The summed E-state index contributed by atoms with van der Waals surface area (Å²) in [5, 5.41) is 14.8. The number of amides is 2. The Hall–Kier alpha value is -3.53. The molecule has 2 saturated heterocycles. The van der Waals surface area contributed by atoms with E-state index in [9.17, 15) is 23.1 Å². The van der Waals surface area contributed by atoms with Gasteiger partial charge in [-0.1, -0.05) is 31.8 Å². The van der Waals surface area contributed by atoms with E-state index < -0.39 is 41.1 Å². The fourth-order valence-corrected chi connectivity index (χ4v) is 7.67. The smallest absolute Gasteiger partial charge is 0.410 e. The summed E-state index contributed by atoms with van der Waals surface area (Å²) in [5.41, 5.74) is 0.675. The van der Waals surface area contributed by atoms with Crippen LogP contribution >= 0.6 is 0 Å². The number of nitrogens with one attached hydrogen (secondary N) is 1. The molecule has 2 amide bonds. The third-order valence-electron chi connectivity index (χ3n) is 8.63. The molecule has 0 bridgehead atoms. The van der Waals surface area contributed by atoms with E-state index in [2.05, 4.69) is 34.9 Å². The Balaban J connectivity index is 1.34. The van der Waals surface area contributed by atoms with Crippen LogP contribution in [0, 0.1) is 0 Å². The number of fused-ring (bicyclic) bond motifs is 1. The van der Waals surface area contributed by atoms with Gasteiger partial charge in [0.25, 0.3) is 5.91 Å². The van der Waals surface area contributed by atoms with Gasteiger partial charge in [-0.2, -0.15) is 0 Å². The third kappa shape index (κ3) is 8.73. The topological polar surface area (TPSA) is 156 Å². The van der Waals surface area contributed by atoms with E-state index in [1.54, 1.807) is 32.9 Å². The maximum Gasteiger partial charge on any atom is 0.410 e. The lowest BCUT2D eigenvalue weighted by Crippen LogP contribution is -2.53. The van der Waals surface area contributed by atoms with Crippen molar-refractivity contribution in [2.45, 2.75) is 77.2 Å². The molecule has 0 atom stereocenters. The van der Waals surface area contributed by atoms with E-state index >= 15 is 0 Å². The zero-order valence-corrected chi connectivity index (χ0v) is 30.6. The van der Waals surface area contributed by atoms with Gasteiger partial charge in [0, 0.05) is 59.4 Å². The lowest BCUT2D eigenvalue weighted by Gasteiger charge is -2.37. The average molecular weight is 701 g/mol. The van der Waals surface area contributed by atoms with Gasteiger partial charge < -0.3 is 34.3 Å². The molecule has 2 fully saturated rings. The van der Waals surface area contributed by atoms with Gasteiger partial charge in [-0.15, -0.1) is 0 Å². The number of anilines is 2. The summed E-state index contributed by atoms with van der Waals surface area (Å²) >= 11 is 0. The summed E-state index contributed by atoms with van der Waals surface area (Å²) in [6.07, 6.45) is 1.24. The summed E-state index contributed by atoms with van der Waals surface area (Å²) in [6, 6.07) is 10.4. The number of hydrogen-bond acceptors (Lipinski definition) is 10. The van der Waals surface area contributed by atoms with Crippen molar-refractivity contribution in [3.63, 3.8) is 0 Å². The van der Waals surface area contributed by atoms with Crippen LogP contribution in [0.15, 0.2) is 36.7 Å². The third-order valence-corrected chi connectivity index (χ3v) is 11.9. The number of carbonyl (C=O) groups is 2. The number of rotatable bonds is 9. The molecule has 48 heavy (non-hydrogen) atoms. The summed E-state index contributed by atoms with van der Waals surface area (Å²) in [6.45, 7) is 14.3. The highest BCUT2D eigenvalue weighted by molar-refractivity contribution is 7.91. The van der Waals surface area contributed by atoms with Gasteiger partial charge in [-0.25, -0.2) is 23.2 Å². The maximum absolute atomic E-state index is 13.2. The second kappa shape index (κ2) is 13.8. The minimum Gasteiger partial charge on any atom is -0.444 e. The SMILES string of the molecule is CC(C)(C)OC(=O)N1CCC(O)(C(=O)Nc2ccc(-c3cc4c(N5CCS(=O)(=O)CC5)ncnc4n3COCC[Si](C)(C)C)cc2)CC1. The molecule has 1 aromatic carbocycles. The van der Waals surface area contributed by atoms with Crippen molar-refractivity contribution < 1.29 is 32.6 Å². The Labute approximate surface area is 283 Å². The summed E-state index contributed by atoms with van der Waals surface area (Å²) in [4.78, 5) is 38.3. The first kappa shape index (κ1) is 35.8. The predicted octanol–water partition coefficient (Wildman–Crippen LogP) is 4.35. The number of piperidine rings is 1. The van der Waals surface area contributed by atoms with Crippen LogP contribution in [-0.4, -0.2) is 109 Å². The maximum atomic E-state index is 13.2. The Morgan fingerprint density at radius 3 is 2.27 bits per heavy atom. The largest absolute Gasteiger partial charge is 0.444 e. The zero-order valence-electron chi connectivity index (χ0n) is 28.8. The number of sulfone groups is 1. The number of likely N-dealkylation sites (tertiary alicyclic amines) is 1. The molecule has 5 rings (SSSR count). The van der Waals surface area contributed by atoms with Crippen molar-refractivity contribution >= 4 is 52.5 Å². The molecule has 15 heteroatoms. The summed E-state index contributed by atoms with van der Waals surface area (Å²) in [7, 11) is -4.36. The summed E-state index contributed by atoms with van der Waals surface area (Å²) < 4.78 is 37.8. The number of aliphatic hydroxyl groups is 1. The van der Waals surface area contributed by atoms with E-state index in [0.29, 0.717) is 36.8 Å². The molecule has 0 radical (unpaired) electrons. The van der Waals surface area contributed by atoms with Crippen molar-refractivity contribution in [3.05, 3.63) is 36.7 Å². The zero-order chi connectivity index (χ0) is 34.9. The van der Waals surface area contributed by atoms with Crippen LogP contribution in [-0.2, 0) is 30.8 Å². The fourth-order valence-electron chi connectivity index (χ4n) is 5.72. The van der Waals surface area contributed by atoms with Gasteiger partial charge in [0.15, 0.2) is 9.84 Å². The lowest BCUT2D eigenvalue weighted by molar-refractivity contribution is -0.138. The lowest BCUT2D eigenvalue weighted by atomic mass is 9.90. The van der Waals surface area contributed by atoms with Crippen LogP contribution in [0.2, 0.25) is 25.7 Å². The first-order valence-electron chi connectivity index (χ1n) is 16.4. The average Bonchev–Trinajstić information content (AvgIpc) is 3.37. The molecule has 13 nitrogen and oxygen atoms in total. The molecule has 0 saturated carbocycles. The molecule has 2 aliphatic rings. The van der Waals surface area contributed by atoms with Gasteiger partial charge in [0.05, 0.1) is 22.6 Å². The first-order valence-corrected chi connectivity index (χ1v) is 22.0. The molecule has 0 unspecified atom stereocenters. The highest BCUT2D eigenvalue weighted by atomic mass is 32.2. The Morgan fingerprint density at radius 1 is 1.02 bits per heavy atom. The van der Waals surface area contributed by atoms with Crippen molar-refractivity contribution in [2.75, 3.05) is 54.5 Å². The molecule has 0 aliphatic carbocycles. The molecular weight excluding hydrogens is 653 g/mol. The van der Waals surface area contributed by atoms with Gasteiger partial charge in [0.2, 0.25) is 0 Å². The molecule has 0 spiro atoms. The number of benzene rings is 1. The highest BCUT2D eigenvalue weighted by Crippen LogP contribution is 2.34. The van der Waals surface area contributed by atoms with Crippen molar-refractivity contribution in [3.8, 4) is 11.3 Å². The number of aromatic nitrogens is 3. The number of carbonyl (C=O) groups excluding carboxylic acids is 2. The predicted molar refractivity (Wildman–Crippen MR) is 189 cm³/mol. The molecule has 262 valence electrons. The van der Waals surface area contributed by atoms with Gasteiger partial charge >= 0.3 is 6.09 Å². The normalized spacial score (nSPS) is 18.1. The molecule has 2 N–H and O–H groups in total. The van der Waals surface area contributed by atoms with Crippen molar-refractivity contribution in [1.82, 2.24) is 19.4 Å². The van der Waals surface area contributed by atoms with Gasteiger partial charge in [-0.3, -0.25) is 4.79 Å². The Bertz CT molecular complexity index is 1730. The first-order chi connectivity index (χ1) is 22.4. The standard InChI is InChI=1S/C33H48N6O7SSi/c1-32(2,3)46-31(41)38-13-11-33(42,12-14-38)30(40)36-25-9-7-24(8-10-25)27-21-26-28(37-15-18-47(43,44)19-16-37)34-22-35-29(26)39(27)23-45-17-20-48(4,5)6/h7-10,21-22,42H,11-20,23H2,1-6H3,(H,36,40). The van der Waals surface area contributed by atoms with Gasteiger partial charge in [-0.05, 0) is 50.6 Å². The van der Waals surface area contributed by atoms with Crippen molar-refractivity contribution in [2.24, 2.45) is 0 Å². The Morgan fingerprint density at radius 2 is 1.67 bits per heavy atom. The molecule has 2 aromatic heterocycles. The monoisotopic (exact) mass is 700 g/mol. The fraction of sp³-hybridized carbons (Fsp3) is 0.576. The molecule has 2 aliphatic heterocycles. The van der Waals surface area contributed by atoms with Crippen LogP contribution in [0.4, 0.5) is 16.3 Å². The van der Waals surface area contributed by atoms with E-state index in [1.807, 2.05) is 27.7 Å². The van der Waals surface area contributed by atoms with Crippen molar-refractivity contribution in [1.29, 1.82) is 0 Å². The van der Waals surface area contributed by atoms with E-state index in [-0.39, 0.29) is 44.2 Å². The highest BCUT2D eigenvalue weighted by Gasteiger charge is 2.41. The van der Waals surface area contributed by atoms with Gasteiger partial charge in [0.1, 0.15) is 35.7 Å². The molecule has 4 heterocycles.